The van der Waals surface area contributed by atoms with Gasteiger partial charge in [0.2, 0.25) is 0 Å². The molecule has 68 valence electrons. The van der Waals surface area contributed by atoms with Crippen LogP contribution in [-0.4, -0.2) is 17.5 Å². The maximum Gasteiger partial charge on any atom is 0.0426 e. The number of thiol groups is 1. The van der Waals surface area contributed by atoms with Gasteiger partial charge in [0, 0.05) is 11.0 Å². The van der Waals surface area contributed by atoms with Crippen LogP contribution in [0.2, 0.25) is 0 Å². The molecule has 0 aliphatic heterocycles. The van der Waals surface area contributed by atoms with Crippen LogP contribution in [0, 0.1) is 0 Å². The maximum atomic E-state index is 4.10. The molecule has 0 heterocycles. The second-order valence-electron chi connectivity index (χ2n) is 2.54. The summed E-state index contributed by atoms with van der Waals surface area (Å²) in [6.45, 7) is 3.41. The van der Waals surface area contributed by atoms with Crippen molar-refractivity contribution in [1.82, 2.24) is 5.32 Å². The van der Waals surface area contributed by atoms with E-state index in [2.05, 4.69) is 24.9 Å². The molecule has 0 rings (SSSR count). The minimum absolute atomic E-state index is 0.919. The zero-order chi connectivity index (χ0) is 8.36. The van der Waals surface area contributed by atoms with Crippen molar-refractivity contribution in [3.63, 3.8) is 0 Å². The fourth-order valence-corrected chi connectivity index (χ4v) is 1.52. The lowest BCUT2D eigenvalue weighted by molar-refractivity contribution is 0.630. The number of unbranched alkanes of at least 4 members (excludes halogenated alkanes) is 3. The summed E-state index contributed by atoms with van der Waals surface area (Å²) in [7, 11) is 0. The Morgan fingerprint density at radius 3 is 2.73 bits per heavy atom. The van der Waals surface area contributed by atoms with Crippen molar-refractivity contribution in [1.29, 1.82) is 0 Å². The lowest BCUT2D eigenvalue weighted by Gasteiger charge is -2.01. The number of thioether (sulfide) groups is 1. The molecule has 0 fully saturated rings. The van der Waals surface area contributed by atoms with E-state index >= 15 is 0 Å². The number of hydrogen-bond acceptors (Lipinski definition) is 3. The maximum absolute atomic E-state index is 4.10. The van der Waals surface area contributed by atoms with Crippen LogP contribution < -0.4 is 5.32 Å². The summed E-state index contributed by atoms with van der Waals surface area (Å²) in [6, 6.07) is 0. The third kappa shape index (κ3) is 10.7. The molecule has 0 radical (unpaired) electrons. The second-order valence-corrected chi connectivity index (χ2v) is 4.27. The summed E-state index contributed by atoms with van der Waals surface area (Å²) in [5.41, 5.74) is 0. The molecular weight excluding hydrogens is 174 g/mol. The molecule has 0 aromatic carbocycles. The smallest absolute Gasteiger partial charge is 0.0426 e. The van der Waals surface area contributed by atoms with Gasteiger partial charge in [-0.3, -0.25) is 0 Å². The average molecular weight is 193 g/mol. The fraction of sp³-hybridized carbons (Fsp3) is 1.00. The van der Waals surface area contributed by atoms with Crippen molar-refractivity contribution in [2.75, 3.05) is 17.5 Å². The number of nitrogens with one attached hydrogen (secondary N) is 1. The first-order chi connectivity index (χ1) is 5.41. The van der Waals surface area contributed by atoms with E-state index in [-0.39, 0.29) is 0 Å². The summed E-state index contributed by atoms with van der Waals surface area (Å²) in [4.78, 5) is 0. The quantitative estimate of drug-likeness (QED) is 0.349. The third-order valence-electron chi connectivity index (χ3n) is 1.50. The van der Waals surface area contributed by atoms with Crippen LogP contribution in [-0.2, 0) is 0 Å². The van der Waals surface area contributed by atoms with Gasteiger partial charge in [-0.1, -0.05) is 26.2 Å². The summed E-state index contributed by atoms with van der Waals surface area (Å²) < 4.78 is 0. The highest BCUT2D eigenvalue weighted by Crippen LogP contribution is 2.00. The molecule has 0 bridgehead atoms. The summed E-state index contributed by atoms with van der Waals surface area (Å²) in [5, 5.41) is 4.28. The number of rotatable bonds is 8. The SMILES string of the molecule is CCCCCCNCSCS. The van der Waals surface area contributed by atoms with Crippen LogP contribution in [0.1, 0.15) is 32.6 Å². The molecule has 11 heavy (non-hydrogen) atoms. The molecule has 1 nitrogen and oxygen atoms in total. The first-order valence-electron chi connectivity index (χ1n) is 4.31. The highest BCUT2D eigenvalue weighted by Gasteiger charge is 1.87. The molecule has 0 atom stereocenters. The zero-order valence-electron chi connectivity index (χ0n) is 7.31. The largest absolute Gasteiger partial charge is 0.308 e. The minimum Gasteiger partial charge on any atom is -0.308 e. The Balaban J connectivity index is 2.69. The third-order valence-corrected chi connectivity index (χ3v) is 2.64. The Bertz CT molecular complexity index is 61.1. The van der Waals surface area contributed by atoms with Crippen LogP contribution in [0.5, 0.6) is 0 Å². The predicted octanol–water partition coefficient (Wildman–Crippen LogP) is 2.73. The molecule has 0 saturated carbocycles. The normalized spacial score (nSPS) is 10.4. The molecule has 1 N–H and O–H groups in total. The Morgan fingerprint density at radius 2 is 2.09 bits per heavy atom. The minimum atomic E-state index is 0.919. The Kier molecular flexibility index (Phi) is 11.3. The highest BCUT2D eigenvalue weighted by atomic mass is 32.2. The molecule has 0 spiro atoms. The van der Waals surface area contributed by atoms with Gasteiger partial charge in [-0.05, 0) is 13.0 Å². The van der Waals surface area contributed by atoms with E-state index in [0.717, 1.165) is 11.0 Å². The van der Waals surface area contributed by atoms with Gasteiger partial charge >= 0.3 is 0 Å². The van der Waals surface area contributed by atoms with E-state index in [1.165, 1.54) is 32.2 Å². The van der Waals surface area contributed by atoms with E-state index in [1.807, 2.05) is 11.8 Å². The van der Waals surface area contributed by atoms with Gasteiger partial charge < -0.3 is 5.32 Å². The molecule has 0 aliphatic carbocycles. The summed E-state index contributed by atoms with van der Waals surface area (Å²) in [6.07, 6.45) is 5.39. The Hall–Kier alpha value is 0.660. The second kappa shape index (κ2) is 10.7. The Labute approximate surface area is 80.1 Å². The lowest BCUT2D eigenvalue weighted by atomic mass is 10.2. The van der Waals surface area contributed by atoms with E-state index in [9.17, 15) is 0 Å². The molecule has 0 aromatic rings. The van der Waals surface area contributed by atoms with E-state index in [4.69, 9.17) is 0 Å². The zero-order valence-corrected chi connectivity index (χ0v) is 9.02. The van der Waals surface area contributed by atoms with Crippen LogP contribution in [0.3, 0.4) is 0 Å². The molecule has 0 amide bonds. The van der Waals surface area contributed by atoms with Crippen molar-refractivity contribution in [3.8, 4) is 0 Å². The first-order valence-corrected chi connectivity index (χ1v) is 6.09. The van der Waals surface area contributed by atoms with Gasteiger partial charge in [-0.25, -0.2) is 0 Å². The summed E-state index contributed by atoms with van der Waals surface area (Å²) >= 11 is 5.93. The topological polar surface area (TPSA) is 12.0 Å². The first kappa shape index (κ1) is 11.7. The van der Waals surface area contributed by atoms with Crippen LogP contribution in [0.4, 0.5) is 0 Å². The van der Waals surface area contributed by atoms with Crippen molar-refractivity contribution in [3.05, 3.63) is 0 Å². The summed E-state index contributed by atoms with van der Waals surface area (Å²) in [5.74, 6) is 1.05. The van der Waals surface area contributed by atoms with E-state index in [0.29, 0.717) is 0 Å². The van der Waals surface area contributed by atoms with Crippen molar-refractivity contribution >= 4 is 24.4 Å². The van der Waals surface area contributed by atoms with E-state index < -0.39 is 0 Å². The van der Waals surface area contributed by atoms with Gasteiger partial charge in [-0.2, -0.15) is 12.6 Å². The molecule has 0 unspecified atom stereocenters. The molecule has 0 saturated heterocycles. The van der Waals surface area contributed by atoms with Gasteiger partial charge in [-0.15, -0.1) is 11.8 Å². The Morgan fingerprint density at radius 1 is 1.27 bits per heavy atom. The number of hydrogen-bond donors (Lipinski definition) is 2. The van der Waals surface area contributed by atoms with Gasteiger partial charge in [0.05, 0.1) is 0 Å². The van der Waals surface area contributed by atoms with Gasteiger partial charge in [0.1, 0.15) is 0 Å². The van der Waals surface area contributed by atoms with Crippen molar-refractivity contribution in [2.45, 2.75) is 32.6 Å². The fourth-order valence-electron chi connectivity index (χ4n) is 0.867. The van der Waals surface area contributed by atoms with Crippen LogP contribution >= 0.6 is 24.4 Å². The van der Waals surface area contributed by atoms with Gasteiger partial charge in [0.25, 0.3) is 0 Å². The lowest BCUT2D eigenvalue weighted by Crippen LogP contribution is -2.14. The predicted molar refractivity (Wildman–Crippen MR) is 58.5 cm³/mol. The highest BCUT2D eigenvalue weighted by molar-refractivity contribution is 8.09. The molecule has 3 heteroatoms. The van der Waals surface area contributed by atoms with Crippen molar-refractivity contribution in [2.24, 2.45) is 0 Å². The molecular formula is C8H19NS2. The monoisotopic (exact) mass is 193 g/mol. The van der Waals surface area contributed by atoms with Gasteiger partial charge in [0.15, 0.2) is 0 Å². The van der Waals surface area contributed by atoms with E-state index in [1.54, 1.807) is 0 Å². The molecule has 0 aromatic heterocycles. The molecule has 0 aliphatic rings. The standard InChI is InChI=1S/C8H19NS2/c1-2-3-4-5-6-9-7-11-8-10/h9-10H,2-8H2,1H3. The van der Waals surface area contributed by atoms with Crippen LogP contribution in [0.15, 0.2) is 0 Å². The van der Waals surface area contributed by atoms with Crippen molar-refractivity contribution < 1.29 is 0 Å². The van der Waals surface area contributed by atoms with Crippen LogP contribution in [0.25, 0.3) is 0 Å². The average Bonchev–Trinajstić information content (AvgIpc) is 2.03.